The van der Waals surface area contributed by atoms with Gasteiger partial charge in [-0.05, 0) is 24.6 Å². The SMILES string of the molecule is CN1C(=O)N(CCCO)C(=O)C2C1N=C1N(c3cccc(Cl)c3)CCN12. The smallest absolute Gasteiger partial charge is 0.328 e. The molecule has 0 bridgehead atoms. The van der Waals surface area contributed by atoms with Crippen LogP contribution < -0.4 is 4.90 Å². The average molecular weight is 378 g/mol. The average Bonchev–Trinajstić information content (AvgIpc) is 3.19. The van der Waals surface area contributed by atoms with Crippen LogP contribution in [0.5, 0.6) is 0 Å². The van der Waals surface area contributed by atoms with E-state index in [1.165, 1.54) is 9.80 Å². The second-order valence-corrected chi connectivity index (χ2v) is 7.01. The van der Waals surface area contributed by atoms with Crippen LogP contribution in [0.4, 0.5) is 10.5 Å². The largest absolute Gasteiger partial charge is 0.396 e. The van der Waals surface area contributed by atoms with E-state index in [2.05, 4.69) is 4.99 Å². The van der Waals surface area contributed by atoms with Crippen molar-refractivity contribution in [1.82, 2.24) is 14.7 Å². The Labute approximate surface area is 156 Å². The molecule has 0 radical (unpaired) electrons. The fourth-order valence-corrected chi connectivity index (χ4v) is 3.94. The fourth-order valence-electron chi connectivity index (χ4n) is 3.76. The molecule has 2 saturated heterocycles. The maximum Gasteiger partial charge on any atom is 0.328 e. The highest BCUT2D eigenvalue weighted by Gasteiger charge is 2.54. The van der Waals surface area contributed by atoms with Gasteiger partial charge in [-0.1, -0.05) is 17.7 Å². The van der Waals surface area contributed by atoms with E-state index in [1.807, 2.05) is 34.1 Å². The van der Waals surface area contributed by atoms with E-state index in [-0.39, 0.29) is 25.1 Å². The third-order valence-corrected chi connectivity index (χ3v) is 5.27. The van der Waals surface area contributed by atoms with Gasteiger partial charge in [-0.25, -0.2) is 9.79 Å². The van der Waals surface area contributed by atoms with E-state index in [1.54, 1.807) is 7.05 Å². The summed E-state index contributed by atoms with van der Waals surface area (Å²) in [6.45, 7) is 1.49. The second-order valence-electron chi connectivity index (χ2n) is 6.57. The van der Waals surface area contributed by atoms with E-state index in [9.17, 15) is 9.59 Å². The van der Waals surface area contributed by atoms with Crippen LogP contribution in [-0.2, 0) is 4.79 Å². The van der Waals surface area contributed by atoms with Crippen molar-refractivity contribution in [1.29, 1.82) is 0 Å². The fraction of sp³-hybridized carbons (Fsp3) is 0.471. The quantitative estimate of drug-likeness (QED) is 0.839. The maximum atomic E-state index is 13.0. The summed E-state index contributed by atoms with van der Waals surface area (Å²) in [5.41, 5.74) is 0.913. The molecular formula is C17H20ClN5O3. The monoisotopic (exact) mass is 377 g/mol. The molecule has 3 aliphatic rings. The van der Waals surface area contributed by atoms with Crippen molar-refractivity contribution in [2.45, 2.75) is 18.6 Å². The van der Waals surface area contributed by atoms with Crippen LogP contribution in [0, 0.1) is 0 Å². The minimum atomic E-state index is -0.530. The number of amides is 3. The first kappa shape index (κ1) is 17.1. The first-order valence-corrected chi connectivity index (χ1v) is 8.97. The van der Waals surface area contributed by atoms with Gasteiger partial charge in [0.1, 0.15) is 0 Å². The Balaban J connectivity index is 1.64. The minimum absolute atomic E-state index is 0.0666. The van der Waals surface area contributed by atoms with Gasteiger partial charge in [0, 0.05) is 44.0 Å². The third-order valence-electron chi connectivity index (χ3n) is 5.04. The molecule has 1 aromatic carbocycles. The Hall–Kier alpha value is -2.32. The van der Waals surface area contributed by atoms with Gasteiger partial charge in [0.25, 0.3) is 5.91 Å². The molecule has 1 aromatic rings. The lowest BCUT2D eigenvalue weighted by Gasteiger charge is -2.40. The number of carbonyl (C=O) groups is 2. The molecule has 1 N–H and O–H groups in total. The number of anilines is 1. The lowest BCUT2D eigenvalue weighted by atomic mass is 10.1. The number of benzene rings is 1. The number of aliphatic hydroxyl groups is 1. The van der Waals surface area contributed by atoms with Crippen LogP contribution in [0.1, 0.15) is 6.42 Å². The molecule has 3 heterocycles. The topological polar surface area (TPSA) is 79.7 Å². The number of guanidine groups is 1. The minimum Gasteiger partial charge on any atom is -0.396 e. The van der Waals surface area contributed by atoms with Crippen LogP contribution >= 0.6 is 11.6 Å². The lowest BCUT2D eigenvalue weighted by molar-refractivity contribution is -0.137. The molecule has 0 aliphatic carbocycles. The standard InChI is InChI=1S/C17H20ClN5O3/c1-20-14-13(15(25)23(17(20)26)6-3-9-24)22-8-7-21(16(22)19-14)12-5-2-4-11(18)10-12/h2,4-5,10,13-14,24H,3,6-9H2,1H3. The van der Waals surface area contributed by atoms with E-state index in [4.69, 9.17) is 16.7 Å². The van der Waals surface area contributed by atoms with Gasteiger partial charge in [0.2, 0.25) is 5.96 Å². The Morgan fingerprint density at radius 1 is 1.31 bits per heavy atom. The van der Waals surface area contributed by atoms with Gasteiger partial charge in [-0.2, -0.15) is 0 Å². The maximum absolute atomic E-state index is 13.0. The molecule has 138 valence electrons. The molecule has 9 heteroatoms. The Bertz CT molecular complexity index is 785. The summed E-state index contributed by atoms with van der Waals surface area (Å²) in [5.74, 6) is 0.442. The number of hydrogen-bond donors (Lipinski definition) is 1. The van der Waals surface area contributed by atoms with Gasteiger partial charge in [0.15, 0.2) is 12.2 Å². The third kappa shape index (κ3) is 2.52. The van der Waals surface area contributed by atoms with E-state index in [0.29, 0.717) is 30.5 Å². The van der Waals surface area contributed by atoms with Crippen molar-refractivity contribution in [3.8, 4) is 0 Å². The van der Waals surface area contributed by atoms with Crippen LogP contribution in [0.3, 0.4) is 0 Å². The Morgan fingerprint density at radius 2 is 2.12 bits per heavy atom. The number of halogens is 1. The van der Waals surface area contributed by atoms with Gasteiger partial charge in [-0.3, -0.25) is 9.69 Å². The normalized spacial score (nSPS) is 25.0. The predicted molar refractivity (Wildman–Crippen MR) is 97.1 cm³/mol. The first-order chi connectivity index (χ1) is 12.5. The molecule has 0 spiro atoms. The molecule has 26 heavy (non-hydrogen) atoms. The molecule has 4 rings (SSSR count). The summed E-state index contributed by atoms with van der Waals surface area (Å²) in [6.07, 6.45) is -0.164. The second kappa shape index (κ2) is 6.44. The summed E-state index contributed by atoms with van der Waals surface area (Å²) in [6, 6.07) is 6.61. The van der Waals surface area contributed by atoms with E-state index < -0.39 is 12.2 Å². The molecule has 0 aromatic heterocycles. The highest BCUT2D eigenvalue weighted by molar-refractivity contribution is 6.31. The zero-order valence-electron chi connectivity index (χ0n) is 14.4. The molecule has 3 amide bonds. The van der Waals surface area contributed by atoms with Crippen LogP contribution in [0.25, 0.3) is 0 Å². The summed E-state index contributed by atoms with van der Waals surface area (Å²) < 4.78 is 0. The summed E-state index contributed by atoms with van der Waals surface area (Å²) >= 11 is 6.11. The van der Waals surface area contributed by atoms with Crippen molar-refractivity contribution in [3.63, 3.8) is 0 Å². The number of fused-ring (bicyclic) bond motifs is 3. The summed E-state index contributed by atoms with van der Waals surface area (Å²) in [7, 11) is 1.66. The molecule has 2 fully saturated rings. The number of imide groups is 1. The number of aliphatic hydroxyl groups excluding tert-OH is 1. The van der Waals surface area contributed by atoms with Crippen LogP contribution in [0.15, 0.2) is 29.3 Å². The zero-order valence-corrected chi connectivity index (χ0v) is 15.1. The van der Waals surface area contributed by atoms with Gasteiger partial charge in [-0.15, -0.1) is 0 Å². The van der Waals surface area contributed by atoms with Crippen molar-refractivity contribution in [2.24, 2.45) is 4.99 Å². The van der Waals surface area contributed by atoms with Crippen LogP contribution in [0.2, 0.25) is 5.02 Å². The van der Waals surface area contributed by atoms with Gasteiger partial charge >= 0.3 is 6.03 Å². The van der Waals surface area contributed by atoms with Crippen LogP contribution in [-0.4, -0.2) is 83.2 Å². The number of rotatable bonds is 4. The number of aliphatic imine (C=N–C) groups is 1. The predicted octanol–water partition coefficient (Wildman–Crippen LogP) is 0.803. The van der Waals surface area contributed by atoms with Gasteiger partial charge < -0.3 is 19.8 Å². The molecule has 3 aliphatic heterocycles. The molecule has 8 nitrogen and oxygen atoms in total. The van der Waals surface area contributed by atoms with E-state index in [0.717, 1.165) is 5.69 Å². The number of likely N-dealkylation sites (N-methyl/N-ethyl adjacent to an activating group) is 1. The number of urea groups is 1. The summed E-state index contributed by atoms with van der Waals surface area (Å²) in [4.78, 5) is 36.9. The first-order valence-electron chi connectivity index (χ1n) is 8.59. The highest BCUT2D eigenvalue weighted by atomic mass is 35.5. The van der Waals surface area contributed by atoms with Crippen molar-refractivity contribution in [3.05, 3.63) is 29.3 Å². The lowest BCUT2D eigenvalue weighted by Crippen LogP contribution is -2.64. The molecular weight excluding hydrogens is 358 g/mol. The molecule has 2 atom stereocenters. The van der Waals surface area contributed by atoms with Crippen molar-refractivity contribution < 1.29 is 14.7 Å². The van der Waals surface area contributed by atoms with Crippen molar-refractivity contribution >= 4 is 35.2 Å². The number of nitrogens with zero attached hydrogens (tertiary/aromatic N) is 5. The Kier molecular flexibility index (Phi) is 4.24. The zero-order chi connectivity index (χ0) is 18.4. The number of carbonyl (C=O) groups excluding carboxylic acids is 2. The van der Waals surface area contributed by atoms with Gasteiger partial charge in [0.05, 0.1) is 0 Å². The summed E-state index contributed by atoms with van der Waals surface area (Å²) in [5, 5.41) is 9.68. The molecule has 2 unspecified atom stereocenters. The van der Waals surface area contributed by atoms with E-state index >= 15 is 0 Å². The number of hydrogen-bond acceptors (Lipinski definition) is 6. The highest BCUT2D eigenvalue weighted by Crippen LogP contribution is 2.33. The Morgan fingerprint density at radius 3 is 2.85 bits per heavy atom. The molecule has 0 saturated carbocycles. The van der Waals surface area contributed by atoms with Crippen molar-refractivity contribution in [2.75, 3.05) is 38.2 Å².